The van der Waals surface area contributed by atoms with Gasteiger partial charge in [-0.05, 0) is 41.5 Å². The maximum absolute atomic E-state index is 11.9. The van der Waals surface area contributed by atoms with Crippen molar-refractivity contribution in [3.63, 3.8) is 0 Å². The van der Waals surface area contributed by atoms with Gasteiger partial charge < -0.3 is 9.84 Å². The summed E-state index contributed by atoms with van der Waals surface area (Å²) in [6.07, 6.45) is 1.50. The summed E-state index contributed by atoms with van der Waals surface area (Å²) < 4.78 is 5.65. The Morgan fingerprint density at radius 3 is 2.42 bits per heavy atom. The fourth-order valence-electron chi connectivity index (χ4n) is 2.36. The van der Waals surface area contributed by atoms with Gasteiger partial charge in [0.25, 0.3) is 5.91 Å². The molecule has 26 heavy (non-hydrogen) atoms. The molecule has 1 amide bonds. The molecule has 0 aliphatic rings. The Bertz CT molecular complexity index is 891. The van der Waals surface area contributed by atoms with Gasteiger partial charge >= 0.3 is 0 Å². The number of hydrogen-bond donors (Lipinski definition) is 2. The SMILES string of the molecule is O=C(COc1ccccc1-c1ccccc1)NN=Cc1ccc(O)cc1. The van der Waals surface area contributed by atoms with E-state index in [1.54, 1.807) is 24.3 Å². The molecule has 3 rings (SSSR count). The van der Waals surface area contributed by atoms with Crippen molar-refractivity contribution in [2.75, 3.05) is 6.61 Å². The second-order valence-corrected chi connectivity index (χ2v) is 5.54. The van der Waals surface area contributed by atoms with E-state index in [4.69, 9.17) is 4.74 Å². The number of nitrogens with zero attached hydrogens (tertiary/aromatic N) is 1. The van der Waals surface area contributed by atoms with Gasteiger partial charge in [0, 0.05) is 5.56 Å². The molecule has 0 saturated heterocycles. The average Bonchev–Trinajstić information content (AvgIpc) is 2.69. The minimum atomic E-state index is -0.358. The first-order valence-corrected chi connectivity index (χ1v) is 8.10. The summed E-state index contributed by atoms with van der Waals surface area (Å²) >= 11 is 0. The van der Waals surface area contributed by atoms with E-state index in [0.717, 1.165) is 16.7 Å². The molecular weight excluding hydrogens is 328 g/mol. The molecule has 2 N–H and O–H groups in total. The van der Waals surface area contributed by atoms with Crippen molar-refractivity contribution in [2.24, 2.45) is 5.10 Å². The number of ether oxygens (including phenoxy) is 1. The fraction of sp³-hybridized carbons (Fsp3) is 0.0476. The van der Waals surface area contributed by atoms with E-state index in [0.29, 0.717) is 5.75 Å². The van der Waals surface area contributed by atoms with Gasteiger partial charge in [-0.25, -0.2) is 5.43 Å². The second-order valence-electron chi connectivity index (χ2n) is 5.54. The van der Waals surface area contributed by atoms with Crippen LogP contribution in [0.3, 0.4) is 0 Å². The van der Waals surface area contributed by atoms with E-state index >= 15 is 0 Å². The van der Waals surface area contributed by atoms with Crippen molar-refractivity contribution >= 4 is 12.1 Å². The van der Waals surface area contributed by atoms with E-state index in [-0.39, 0.29) is 18.3 Å². The molecule has 5 nitrogen and oxygen atoms in total. The van der Waals surface area contributed by atoms with E-state index in [9.17, 15) is 9.90 Å². The molecule has 0 bridgehead atoms. The molecule has 0 radical (unpaired) electrons. The van der Waals surface area contributed by atoms with Crippen LogP contribution in [0.1, 0.15) is 5.56 Å². The molecule has 0 spiro atoms. The third kappa shape index (κ3) is 4.70. The molecule has 130 valence electrons. The molecular formula is C21H18N2O3. The maximum atomic E-state index is 11.9. The first kappa shape index (κ1) is 17.2. The second kappa shape index (κ2) is 8.48. The number of amides is 1. The standard InChI is InChI=1S/C21H18N2O3/c24-18-12-10-16(11-13-18)14-22-23-21(25)15-26-20-9-5-4-8-19(20)17-6-2-1-3-7-17/h1-14,24H,15H2,(H,23,25). The normalized spacial score (nSPS) is 10.6. The first-order chi connectivity index (χ1) is 12.7. The minimum Gasteiger partial charge on any atom is -0.508 e. The van der Waals surface area contributed by atoms with Crippen molar-refractivity contribution in [3.05, 3.63) is 84.4 Å². The van der Waals surface area contributed by atoms with Gasteiger partial charge in [0.1, 0.15) is 11.5 Å². The van der Waals surface area contributed by atoms with Crippen molar-refractivity contribution in [3.8, 4) is 22.6 Å². The fourth-order valence-corrected chi connectivity index (χ4v) is 2.36. The maximum Gasteiger partial charge on any atom is 0.277 e. The van der Waals surface area contributed by atoms with Crippen LogP contribution in [0.2, 0.25) is 0 Å². The van der Waals surface area contributed by atoms with E-state index < -0.39 is 0 Å². The predicted molar refractivity (Wildman–Crippen MR) is 101 cm³/mol. The van der Waals surface area contributed by atoms with Gasteiger partial charge in [0.05, 0.1) is 6.21 Å². The number of phenolic OH excluding ortho intramolecular Hbond substituents is 1. The summed E-state index contributed by atoms with van der Waals surface area (Å²) in [7, 11) is 0. The summed E-state index contributed by atoms with van der Waals surface area (Å²) in [4.78, 5) is 11.9. The first-order valence-electron chi connectivity index (χ1n) is 8.10. The van der Waals surface area contributed by atoms with Crippen LogP contribution >= 0.6 is 0 Å². The van der Waals surface area contributed by atoms with Crippen LogP contribution < -0.4 is 10.2 Å². The number of hydrogen-bond acceptors (Lipinski definition) is 4. The topological polar surface area (TPSA) is 70.9 Å². The van der Waals surface area contributed by atoms with Gasteiger partial charge in [-0.1, -0.05) is 48.5 Å². The molecule has 0 aliphatic heterocycles. The number of benzene rings is 3. The molecule has 0 atom stereocenters. The summed E-state index contributed by atoms with van der Waals surface area (Å²) in [5, 5.41) is 13.1. The van der Waals surface area contributed by atoms with E-state index in [1.165, 1.54) is 6.21 Å². The van der Waals surface area contributed by atoms with Crippen LogP contribution in [0.15, 0.2) is 84.0 Å². The Balaban J connectivity index is 1.57. The van der Waals surface area contributed by atoms with Crippen LogP contribution in [-0.4, -0.2) is 23.8 Å². The highest BCUT2D eigenvalue weighted by atomic mass is 16.5. The molecule has 5 heteroatoms. The molecule has 3 aromatic rings. The van der Waals surface area contributed by atoms with E-state index in [2.05, 4.69) is 10.5 Å². The number of carbonyl (C=O) groups is 1. The Morgan fingerprint density at radius 1 is 0.962 bits per heavy atom. The van der Waals surface area contributed by atoms with Gasteiger partial charge in [-0.15, -0.1) is 0 Å². The van der Waals surface area contributed by atoms with E-state index in [1.807, 2.05) is 54.6 Å². The number of phenols is 1. The highest BCUT2D eigenvalue weighted by Crippen LogP contribution is 2.29. The lowest BCUT2D eigenvalue weighted by Crippen LogP contribution is -2.24. The number of nitrogens with one attached hydrogen (secondary N) is 1. The molecule has 0 aromatic heterocycles. The number of rotatable bonds is 6. The summed E-state index contributed by atoms with van der Waals surface area (Å²) in [6, 6.07) is 23.9. The summed E-state index contributed by atoms with van der Waals surface area (Å²) in [6.45, 7) is -0.142. The van der Waals surface area contributed by atoms with Gasteiger partial charge in [-0.3, -0.25) is 4.79 Å². The third-order valence-electron chi connectivity index (χ3n) is 3.63. The Labute approximate surface area is 151 Å². The van der Waals surface area contributed by atoms with Crippen molar-refractivity contribution < 1.29 is 14.6 Å². The number of aromatic hydroxyl groups is 1. The van der Waals surface area contributed by atoms with Crippen LogP contribution in [0.4, 0.5) is 0 Å². The zero-order valence-corrected chi connectivity index (χ0v) is 14.0. The lowest BCUT2D eigenvalue weighted by Gasteiger charge is -2.10. The Kier molecular flexibility index (Phi) is 5.62. The number of carbonyl (C=O) groups excluding carboxylic acids is 1. The molecule has 0 unspecified atom stereocenters. The van der Waals surface area contributed by atoms with Gasteiger partial charge in [0.15, 0.2) is 6.61 Å². The lowest BCUT2D eigenvalue weighted by molar-refractivity contribution is -0.123. The molecule has 0 fully saturated rings. The Morgan fingerprint density at radius 2 is 1.65 bits per heavy atom. The minimum absolute atomic E-state index is 0.142. The van der Waals surface area contributed by atoms with Crippen LogP contribution in [0.5, 0.6) is 11.5 Å². The summed E-state index contributed by atoms with van der Waals surface area (Å²) in [5.41, 5.74) is 5.13. The zero-order chi connectivity index (χ0) is 18.2. The van der Waals surface area contributed by atoms with Crippen molar-refractivity contribution in [2.45, 2.75) is 0 Å². The average molecular weight is 346 g/mol. The molecule has 3 aromatic carbocycles. The molecule has 0 aliphatic carbocycles. The quantitative estimate of drug-likeness (QED) is 0.529. The molecule has 0 saturated carbocycles. The lowest BCUT2D eigenvalue weighted by atomic mass is 10.1. The summed E-state index contributed by atoms with van der Waals surface area (Å²) in [5.74, 6) is 0.455. The van der Waals surface area contributed by atoms with Crippen molar-refractivity contribution in [1.29, 1.82) is 0 Å². The number of hydrazone groups is 1. The van der Waals surface area contributed by atoms with Crippen LogP contribution in [0, 0.1) is 0 Å². The largest absolute Gasteiger partial charge is 0.508 e. The number of para-hydroxylation sites is 1. The van der Waals surface area contributed by atoms with Crippen molar-refractivity contribution in [1.82, 2.24) is 5.43 Å². The highest BCUT2D eigenvalue weighted by Gasteiger charge is 2.07. The highest BCUT2D eigenvalue weighted by molar-refractivity contribution is 5.83. The molecule has 0 heterocycles. The third-order valence-corrected chi connectivity index (χ3v) is 3.63. The van der Waals surface area contributed by atoms with Crippen LogP contribution in [0.25, 0.3) is 11.1 Å². The Hall–Kier alpha value is -3.60. The monoisotopic (exact) mass is 346 g/mol. The zero-order valence-electron chi connectivity index (χ0n) is 14.0. The van der Waals surface area contributed by atoms with Gasteiger partial charge in [-0.2, -0.15) is 5.10 Å². The van der Waals surface area contributed by atoms with Gasteiger partial charge in [0.2, 0.25) is 0 Å². The van der Waals surface area contributed by atoms with Crippen LogP contribution in [-0.2, 0) is 4.79 Å². The predicted octanol–water partition coefficient (Wildman–Crippen LogP) is 3.59. The smallest absolute Gasteiger partial charge is 0.277 e.